The molecule has 0 radical (unpaired) electrons. The quantitative estimate of drug-likeness (QED) is 0.0395. The Kier molecular flexibility index (Phi) is 31.3. The minimum absolute atomic E-state index is 0.237. The molecule has 0 N–H and O–H groups in total. The van der Waals surface area contributed by atoms with Gasteiger partial charge in [0.2, 0.25) is 0 Å². The number of fused-ring (bicyclic) bond motifs is 1. The summed E-state index contributed by atoms with van der Waals surface area (Å²) in [7, 11) is 5.18. The first-order valence-corrected chi connectivity index (χ1v) is 25.5. The molecule has 0 atom stereocenters. The van der Waals surface area contributed by atoms with Crippen molar-refractivity contribution >= 4 is 64.6 Å². The first kappa shape index (κ1) is 47.2. The van der Waals surface area contributed by atoms with E-state index in [-0.39, 0.29) is 10.6 Å². The second kappa shape index (κ2) is 34.5. The maximum absolute atomic E-state index is 12.4. The molecule has 0 fully saturated rings. The van der Waals surface area contributed by atoms with Crippen molar-refractivity contribution in [2.45, 2.75) is 203 Å². The van der Waals surface area contributed by atoms with E-state index in [1.54, 1.807) is 0 Å². The number of carbonyl (C=O) groups excluding carboxylic acids is 2. The van der Waals surface area contributed by atoms with Gasteiger partial charge in [-0.05, 0) is 57.3 Å². The maximum Gasteiger partial charge on any atom is 0.378 e. The highest BCUT2D eigenvalue weighted by atomic mass is 33.1. The van der Waals surface area contributed by atoms with Crippen LogP contribution in [0.1, 0.15) is 194 Å². The zero-order chi connectivity index (χ0) is 37.2. The normalized spacial score (nSPS) is 11.3. The molecule has 0 amide bonds. The Hall–Kier alpha value is -0.960. The van der Waals surface area contributed by atoms with Gasteiger partial charge in [-0.2, -0.15) is 0 Å². The van der Waals surface area contributed by atoms with E-state index < -0.39 is 0 Å². The molecular weight excluding hydrogens is 721 g/mol. The van der Waals surface area contributed by atoms with Crippen LogP contribution < -0.4 is 0 Å². The van der Waals surface area contributed by atoms with E-state index in [0.29, 0.717) is 13.2 Å². The van der Waals surface area contributed by atoms with Crippen LogP contribution in [0.25, 0.3) is 10.8 Å². The van der Waals surface area contributed by atoms with E-state index in [1.165, 1.54) is 176 Å². The van der Waals surface area contributed by atoms with Crippen molar-refractivity contribution < 1.29 is 19.1 Å². The highest BCUT2D eigenvalue weighted by molar-refractivity contribution is 8.82. The number of rotatable bonds is 34. The average molecular weight is 793 g/mol. The van der Waals surface area contributed by atoms with Crippen molar-refractivity contribution in [1.29, 1.82) is 0 Å². The molecule has 2 aromatic carbocycles. The van der Waals surface area contributed by atoms with E-state index in [0.717, 1.165) is 67.8 Å². The van der Waals surface area contributed by atoms with Crippen molar-refractivity contribution in [3.8, 4) is 0 Å². The molecule has 0 saturated carbocycles. The molecule has 0 aromatic heterocycles. The molecule has 0 saturated heterocycles. The third-order valence-corrected chi connectivity index (χ3v) is 13.8. The molecule has 52 heavy (non-hydrogen) atoms. The molecule has 0 bridgehead atoms. The number of benzene rings is 2. The molecule has 0 aliphatic carbocycles. The number of ether oxygens (including phenoxy) is 2. The summed E-state index contributed by atoms with van der Waals surface area (Å²) in [6.45, 7) is 5.54. The van der Waals surface area contributed by atoms with Crippen LogP contribution in [0, 0.1) is 0 Å². The third-order valence-electron chi connectivity index (χ3n) is 9.68. The number of hydrogen-bond donors (Lipinski definition) is 0. The van der Waals surface area contributed by atoms with E-state index in [1.807, 2.05) is 24.3 Å². The van der Waals surface area contributed by atoms with E-state index in [4.69, 9.17) is 9.47 Å². The van der Waals surface area contributed by atoms with E-state index >= 15 is 0 Å². The Bertz CT molecular complexity index is 1070. The predicted octanol–water partition coefficient (Wildman–Crippen LogP) is 17.6. The summed E-state index contributed by atoms with van der Waals surface area (Å²) < 4.78 is 11.0. The maximum atomic E-state index is 12.4. The first-order valence-electron chi connectivity index (χ1n) is 21.2. The van der Waals surface area contributed by atoms with Crippen molar-refractivity contribution in [2.24, 2.45) is 0 Å². The summed E-state index contributed by atoms with van der Waals surface area (Å²) in [5.74, 6) is 0. The Morgan fingerprint density at radius 2 is 0.673 bits per heavy atom. The topological polar surface area (TPSA) is 52.6 Å². The monoisotopic (exact) mass is 792 g/mol. The van der Waals surface area contributed by atoms with Gasteiger partial charge >= 0.3 is 10.6 Å². The third kappa shape index (κ3) is 25.2. The van der Waals surface area contributed by atoms with Crippen LogP contribution in [0.3, 0.4) is 0 Å². The Balaban J connectivity index is 1.50. The molecule has 0 heterocycles. The van der Waals surface area contributed by atoms with Crippen molar-refractivity contribution in [1.82, 2.24) is 0 Å². The lowest BCUT2D eigenvalue weighted by molar-refractivity contribution is 0.172. The lowest BCUT2D eigenvalue weighted by atomic mass is 10.0. The molecular formula is C44H72O4S4. The van der Waals surface area contributed by atoms with Gasteiger partial charge in [-0.3, -0.25) is 0 Å². The highest BCUT2D eigenvalue weighted by Crippen LogP contribution is 2.43. The highest BCUT2D eigenvalue weighted by Gasteiger charge is 2.13. The summed E-state index contributed by atoms with van der Waals surface area (Å²) in [6.07, 6.45) is 36.8. The van der Waals surface area contributed by atoms with Gasteiger partial charge in [0.25, 0.3) is 0 Å². The van der Waals surface area contributed by atoms with Crippen LogP contribution >= 0.6 is 43.2 Å². The van der Waals surface area contributed by atoms with Gasteiger partial charge < -0.3 is 9.47 Å². The van der Waals surface area contributed by atoms with E-state index in [9.17, 15) is 9.59 Å². The van der Waals surface area contributed by atoms with E-state index in [2.05, 4.69) is 26.0 Å². The second-order valence-electron chi connectivity index (χ2n) is 14.3. The smallest absolute Gasteiger partial charge is 0.378 e. The fraction of sp³-hybridized carbons (Fsp3) is 0.727. The fourth-order valence-electron chi connectivity index (χ4n) is 6.50. The number of unbranched alkanes of at least 4 members (excludes halogenated alkanes) is 26. The van der Waals surface area contributed by atoms with Crippen LogP contribution in [0.2, 0.25) is 0 Å². The van der Waals surface area contributed by atoms with Crippen molar-refractivity contribution in [3.63, 3.8) is 0 Å². The van der Waals surface area contributed by atoms with Crippen molar-refractivity contribution in [3.05, 3.63) is 36.4 Å². The van der Waals surface area contributed by atoms with Gasteiger partial charge in [0.15, 0.2) is 0 Å². The Labute approximate surface area is 334 Å². The van der Waals surface area contributed by atoms with Crippen LogP contribution in [-0.2, 0) is 9.47 Å². The predicted molar refractivity (Wildman–Crippen MR) is 234 cm³/mol. The van der Waals surface area contributed by atoms with Crippen molar-refractivity contribution in [2.75, 3.05) is 13.2 Å². The molecule has 2 rings (SSSR count). The lowest BCUT2D eigenvalue weighted by Crippen LogP contribution is -1.98. The summed E-state index contributed by atoms with van der Waals surface area (Å²) in [5.41, 5.74) is 0. The van der Waals surface area contributed by atoms with Gasteiger partial charge in [-0.1, -0.05) is 205 Å². The zero-order valence-corrected chi connectivity index (χ0v) is 36.2. The zero-order valence-electron chi connectivity index (χ0n) is 32.9. The Morgan fingerprint density at radius 1 is 0.404 bits per heavy atom. The lowest BCUT2D eigenvalue weighted by Gasteiger charge is -2.10. The molecule has 2 aromatic rings. The molecule has 0 unspecified atom stereocenters. The fourth-order valence-corrected chi connectivity index (χ4v) is 9.97. The summed E-state index contributed by atoms with van der Waals surface area (Å²) >= 11 is 0. The van der Waals surface area contributed by atoms with Gasteiger partial charge in [-0.25, -0.2) is 9.59 Å². The minimum atomic E-state index is -0.237. The van der Waals surface area contributed by atoms with Gasteiger partial charge in [0, 0.05) is 31.4 Å². The molecule has 8 heteroatoms. The minimum Gasteiger partial charge on any atom is -0.457 e. The van der Waals surface area contributed by atoms with Gasteiger partial charge in [-0.15, -0.1) is 0 Å². The summed E-state index contributed by atoms with van der Waals surface area (Å²) in [6, 6.07) is 12.2. The molecule has 0 aliphatic heterocycles. The number of hydrogen-bond acceptors (Lipinski definition) is 8. The molecule has 0 spiro atoms. The summed E-state index contributed by atoms with van der Waals surface area (Å²) in [5, 5.41) is 1.67. The molecule has 4 nitrogen and oxygen atoms in total. The van der Waals surface area contributed by atoms with Crippen LogP contribution in [0.5, 0.6) is 0 Å². The Morgan fingerprint density at radius 3 is 0.962 bits per heavy atom. The molecule has 296 valence electrons. The molecule has 0 aliphatic rings. The van der Waals surface area contributed by atoms with Gasteiger partial charge in [0.1, 0.15) is 0 Å². The largest absolute Gasteiger partial charge is 0.457 e. The average Bonchev–Trinajstić information content (AvgIpc) is 3.16. The second-order valence-corrected chi connectivity index (χ2v) is 18.5. The van der Waals surface area contributed by atoms with Crippen LogP contribution in [-0.4, -0.2) is 23.8 Å². The first-order chi connectivity index (χ1) is 25.7. The van der Waals surface area contributed by atoms with Crippen LogP contribution in [0.4, 0.5) is 9.59 Å². The van der Waals surface area contributed by atoms with Crippen LogP contribution in [0.15, 0.2) is 46.2 Å². The summed E-state index contributed by atoms with van der Waals surface area (Å²) in [4.78, 5) is 26.9. The standard InChI is InChI=1S/C44H72O4S4/c1-3-5-7-9-11-13-15-17-19-21-23-25-27-31-37-47-43(45)51-49-41-35-36-42(40-34-30-29-33-39(40)41)50-52-44(46)48-38-32-28-26-24-22-20-18-16-14-12-10-8-6-4-2/h29-30,33-36H,3-28,31-32,37-38H2,1-2H3. The van der Waals surface area contributed by atoms with Gasteiger partial charge in [0.05, 0.1) is 13.2 Å². The SMILES string of the molecule is CCCCCCCCCCCCCCCCOC(=O)SSc1ccc(SSC(=O)OCCCCCCCCCCCCCCCC)c2ccccc12. The number of carbonyl (C=O) groups is 2.